The number of nitrogens with zero attached hydrogens (tertiary/aromatic N) is 2. The van der Waals surface area contributed by atoms with Crippen LogP contribution in [0.4, 0.5) is 4.79 Å². The lowest BCUT2D eigenvalue weighted by atomic mass is 10.0. The van der Waals surface area contributed by atoms with E-state index in [2.05, 4.69) is 17.0 Å². The molecule has 1 saturated heterocycles. The van der Waals surface area contributed by atoms with Gasteiger partial charge in [0, 0.05) is 17.1 Å². The second kappa shape index (κ2) is 6.37. The normalized spacial score (nSPS) is 24.5. The van der Waals surface area contributed by atoms with E-state index in [1.54, 1.807) is 17.0 Å². The van der Waals surface area contributed by atoms with Crippen molar-refractivity contribution in [3.8, 4) is 11.8 Å². The molecule has 4 rings (SSSR count). The smallest absolute Gasteiger partial charge is 0.412 e. The summed E-state index contributed by atoms with van der Waals surface area (Å²) in [4.78, 5) is 19.2. The Bertz CT molecular complexity index is 748. The van der Waals surface area contributed by atoms with Crippen molar-refractivity contribution in [3.63, 3.8) is 0 Å². The number of ether oxygens (including phenoxy) is 1. The number of fused-ring (bicyclic) bond motifs is 1. The molecule has 2 unspecified atom stereocenters. The lowest BCUT2D eigenvalue weighted by Gasteiger charge is -2.21. The molecule has 6 heteroatoms. The fraction of sp³-hybridized carbons (Fsp3) is 0.444. The average Bonchev–Trinajstić information content (AvgIpc) is 3.17. The molecule has 2 heterocycles. The molecule has 0 bridgehead atoms. The summed E-state index contributed by atoms with van der Waals surface area (Å²) in [7, 11) is 0. The van der Waals surface area contributed by atoms with Gasteiger partial charge in [0.05, 0.1) is 12.5 Å². The number of rotatable bonds is 2. The van der Waals surface area contributed by atoms with E-state index in [-0.39, 0.29) is 18.2 Å². The molecule has 2 atom stereocenters. The number of hydrogen-bond donors (Lipinski definition) is 0. The molecule has 0 aromatic heterocycles. The Labute approximate surface area is 145 Å². The molecule has 2 aliphatic heterocycles. The number of carbonyl (C=O) groups excluding carboxylic acids is 1. The molecule has 0 N–H and O–H groups in total. The number of likely N-dealkylation sites (tertiary alicyclic amines) is 1. The summed E-state index contributed by atoms with van der Waals surface area (Å²) in [6.45, 7) is 1.12. The molecule has 5 nitrogen and oxygen atoms in total. The average molecular weight is 345 g/mol. The van der Waals surface area contributed by atoms with Crippen molar-refractivity contribution in [2.24, 2.45) is 17.0 Å². The van der Waals surface area contributed by atoms with Gasteiger partial charge in [-0.25, -0.2) is 4.79 Å². The van der Waals surface area contributed by atoms with Crippen molar-refractivity contribution in [2.75, 3.05) is 13.2 Å². The van der Waals surface area contributed by atoms with Crippen molar-refractivity contribution < 1.29 is 14.4 Å². The van der Waals surface area contributed by atoms with Crippen LogP contribution >= 0.6 is 11.6 Å². The molecular formula is C18H17ClN2O3. The lowest BCUT2D eigenvalue weighted by Crippen LogP contribution is -2.38. The molecule has 2 fully saturated rings. The second-order valence-corrected chi connectivity index (χ2v) is 6.78. The van der Waals surface area contributed by atoms with Crippen molar-refractivity contribution in [1.82, 2.24) is 4.90 Å². The van der Waals surface area contributed by atoms with Gasteiger partial charge >= 0.3 is 6.09 Å². The van der Waals surface area contributed by atoms with E-state index >= 15 is 0 Å². The highest BCUT2D eigenvalue weighted by Crippen LogP contribution is 2.33. The molecule has 3 aliphatic rings. The number of oxime groups is 1. The highest BCUT2D eigenvalue weighted by atomic mass is 35.5. The first kappa shape index (κ1) is 15.3. The van der Waals surface area contributed by atoms with Crippen molar-refractivity contribution in [2.45, 2.75) is 25.5 Å². The Hall–Kier alpha value is -2.19. The van der Waals surface area contributed by atoms with E-state index in [1.807, 2.05) is 12.1 Å². The number of carbonyl (C=O) groups is 1. The minimum atomic E-state index is -0.389. The van der Waals surface area contributed by atoms with Gasteiger partial charge in [-0.05, 0) is 49.3 Å². The summed E-state index contributed by atoms with van der Waals surface area (Å²) < 4.78 is 5.34. The highest BCUT2D eigenvalue weighted by molar-refractivity contribution is 6.30. The largest absolute Gasteiger partial charge is 0.449 e. The maximum absolute atomic E-state index is 12.2. The van der Waals surface area contributed by atoms with Crippen LogP contribution in [0.15, 0.2) is 29.4 Å². The minimum Gasteiger partial charge on any atom is -0.449 e. The van der Waals surface area contributed by atoms with Crippen molar-refractivity contribution in [1.29, 1.82) is 0 Å². The van der Waals surface area contributed by atoms with Gasteiger partial charge in [0.15, 0.2) is 0 Å². The maximum atomic E-state index is 12.2. The third-order valence-corrected chi connectivity index (χ3v) is 4.71. The molecular weight excluding hydrogens is 328 g/mol. The van der Waals surface area contributed by atoms with Crippen molar-refractivity contribution in [3.05, 3.63) is 34.9 Å². The quantitative estimate of drug-likeness (QED) is 0.774. The van der Waals surface area contributed by atoms with Crippen LogP contribution in [0.25, 0.3) is 0 Å². The van der Waals surface area contributed by atoms with Gasteiger partial charge in [-0.1, -0.05) is 28.7 Å². The first-order chi connectivity index (χ1) is 11.7. The molecule has 124 valence electrons. The second-order valence-electron chi connectivity index (χ2n) is 6.34. The van der Waals surface area contributed by atoms with Crippen molar-refractivity contribution >= 4 is 23.4 Å². The summed E-state index contributed by atoms with van der Waals surface area (Å²) in [5, 5.41) is 4.71. The predicted octanol–water partition coefficient (Wildman–Crippen LogP) is 3.27. The van der Waals surface area contributed by atoms with E-state index in [0.717, 1.165) is 24.8 Å². The maximum Gasteiger partial charge on any atom is 0.412 e. The Morgan fingerprint density at radius 3 is 3.04 bits per heavy atom. The molecule has 1 saturated carbocycles. The van der Waals surface area contributed by atoms with Crippen LogP contribution in [0.3, 0.4) is 0 Å². The fourth-order valence-electron chi connectivity index (χ4n) is 2.92. The zero-order valence-corrected chi connectivity index (χ0v) is 13.8. The Morgan fingerprint density at radius 1 is 1.38 bits per heavy atom. The van der Waals surface area contributed by atoms with Crippen LogP contribution in [0.2, 0.25) is 5.02 Å². The lowest BCUT2D eigenvalue weighted by molar-refractivity contribution is -0.0255. The monoisotopic (exact) mass is 344 g/mol. The minimum absolute atomic E-state index is 0.0187. The zero-order valence-electron chi connectivity index (χ0n) is 13.1. The van der Waals surface area contributed by atoms with Crippen LogP contribution in [0.5, 0.6) is 0 Å². The van der Waals surface area contributed by atoms with Gasteiger partial charge in [0.2, 0.25) is 6.23 Å². The van der Waals surface area contributed by atoms with E-state index in [1.165, 1.54) is 0 Å². The summed E-state index contributed by atoms with van der Waals surface area (Å²) >= 11 is 5.96. The Kier molecular flexibility index (Phi) is 4.07. The van der Waals surface area contributed by atoms with Gasteiger partial charge in [-0.3, -0.25) is 4.90 Å². The number of hydrogen-bond acceptors (Lipinski definition) is 4. The first-order valence-electron chi connectivity index (χ1n) is 8.15. The van der Waals surface area contributed by atoms with E-state index in [4.69, 9.17) is 21.2 Å². The number of halogens is 1. The third-order valence-electron chi connectivity index (χ3n) is 4.48. The van der Waals surface area contributed by atoms with Crippen LogP contribution in [0, 0.1) is 23.7 Å². The van der Waals surface area contributed by atoms with E-state index < -0.39 is 0 Å². The molecule has 0 spiro atoms. The standard InChI is InChI=1S/C18H17ClN2O3/c19-14-3-1-2-12(10-14)6-7-16-15-8-9-21(17(15)24-20-16)18(22)23-11-13-4-5-13/h1-3,10,13,15,17H,4-5,8-9,11H2. The van der Waals surface area contributed by atoms with E-state index in [9.17, 15) is 4.79 Å². The Morgan fingerprint density at radius 2 is 2.25 bits per heavy atom. The molecule has 1 aliphatic carbocycles. The zero-order chi connectivity index (χ0) is 16.5. The summed E-state index contributed by atoms with van der Waals surface area (Å²) in [6.07, 6.45) is 2.39. The summed E-state index contributed by atoms with van der Waals surface area (Å²) in [5.41, 5.74) is 1.50. The predicted molar refractivity (Wildman–Crippen MR) is 89.5 cm³/mol. The van der Waals surface area contributed by atoms with Crippen LogP contribution < -0.4 is 0 Å². The molecule has 24 heavy (non-hydrogen) atoms. The van der Waals surface area contributed by atoms with Gasteiger partial charge in [-0.2, -0.15) is 0 Å². The topological polar surface area (TPSA) is 51.1 Å². The van der Waals surface area contributed by atoms with Gasteiger partial charge in [-0.15, -0.1) is 0 Å². The summed E-state index contributed by atoms with van der Waals surface area (Å²) in [6, 6.07) is 7.36. The van der Waals surface area contributed by atoms with Gasteiger partial charge in [0.25, 0.3) is 0 Å². The van der Waals surface area contributed by atoms with Crippen LogP contribution in [-0.4, -0.2) is 36.1 Å². The van der Waals surface area contributed by atoms with E-state index in [0.29, 0.717) is 29.8 Å². The number of benzene rings is 1. The molecule has 1 amide bonds. The van der Waals surface area contributed by atoms with Crippen LogP contribution in [0.1, 0.15) is 24.8 Å². The molecule has 1 aromatic carbocycles. The molecule has 0 radical (unpaired) electrons. The fourth-order valence-corrected chi connectivity index (χ4v) is 3.11. The van der Waals surface area contributed by atoms with Gasteiger partial charge in [0.1, 0.15) is 5.71 Å². The Balaban J connectivity index is 1.40. The SMILES string of the molecule is O=C(OCC1CC1)N1CCC2C(C#Cc3cccc(Cl)c3)=NOC21. The highest BCUT2D eigenvalue weighted by Gasteiger charge is 2.46. The summed E-state index contributed by atoms with van der Waals surface area (Å²) in [5.74, 6) is 6.67. The molecule has 1 aromatic rings. The third kappa shape index (κ3) is 3.20. The first-order valence-corrected chi connectivity index (χ1v) is 8.53. The van der Waals surface area contributed by atoms with Gasteiger partial charge < -0.3 is 9.57 Å². The van der Waals surface area contributed by atoms with Crippen LogP contribution in [-0.2, 0) is 9.57 Å². The number of amides is 1.